The molecule has 0 rings (SSSR count). The predicted octanol–water partition coefficient (Wildman–Crippen LogP) is 0.772. The number of nitrogens with one attached hydrogen (secondary N) is 4. The Morgan fingerprint density at radius 2 is 1.75 bits per heavy atom. The highest BCUT2D eigenvalue weighted by Crippen LogP contribution is 2.02. The summed E-state index contributed by atoms with van der Waals surface area (Å²) >= 11 is 0. The largest absolute Gasteiger partial charge is 0.358 e. The van der Waals surface area contributed by atoms with Crippen molar-refractivity contribution in [1.29, 1.82) is 5.41 Å². The molecule has 10 heteroatoms. The minimum atomic E-state index is -0.595. The number of amides is 3. The van der Waals surface area contributed by atoms with Crippen LogP contribution >= 0.6 is 0 Å². The van der Waals surface area contributed by atoms with Crippen LogP contribution in [-0.4, -0.2) is 61.6 Å². The first-order valence-corrected chi connectivity index (χ1v) is 10.6. The Morgan fingerprint density at radius 3 is 2.38 bits per heavy atom. The Bertz CT molecular complexity index is 743. The lowest BCUT2D eigenvalue weighted by atomic mass is 10.1. The Morgan fingerprint density at radius 1 is 1.06 bits per heavy atom. The van der Waals surface area contributed by atoms with Gasteiger partial charge in [-0.05, 0) is 32.8 Å². The van der Waals surface area contributed by atoms with Gasteiger partial charge in [0.15, 0.2) is 5.78 Å². The van der Waals surface area contributed by atoms with E-state index < -0.39 is 6.04 Å². The third-order valence-electron chi connectivity index (χ3n) is 4.26. The maximum atomic E-state index is 11.8. The zero-order chi connectivity index (χ0) is 24.4. The molecule has 0 saturated carbocycles. The van der Waals surface area contributed by atoms with Gasteiger partial charge >= 0.3 is 0 Å². The molecular weight excluding hydrogens is 412 g/mol. The van der Waals surface area contributed by atoms with E-state index in [2.05, 4.69) is 20.9 Å². The fourth-order valence-electron chi connectivity index (χ4n) is 2.44. The molecule has 0 aromatic carbocycles. The van der Waals surface area contributed by atoms with E-state index >= 15 is 0 Å². The van der Waals surface area contributed by atoms with Gasteiger partial charge in [0.2, 0.25) is 17.7 Å². The highest BCUT2D eigenvalue weighted by Gasteiger charge is 2.10. The molecule has 6 N–H and O–H groups in total. The van der Waals surface area contributed by atoms with Crippen LogP contribution in [0.2, 0.25) is 0 Å². The summed E-state index contributed by atoms with van der Waals surface area (Å²) in [5, 5.41) is 15.2. The van der Waals surface area contributed by atoms with Gasteiger partial charge in [-0.2, -0.15) is 0 Å². The zero-order valence-corrected chi connectivity index (χ0v) is 19.2. The van der Waals surface area contributed by atoms with Gasteiger partial charge in [0.1, 0.15) is 0 Å². The molecule has 3 amide bonds. The Hall–Kier alpha value is -3.14. The number of hydrogen-bond acceptors (Lipinski definition) is 7. The van der Waals surface area contributed by atoms with Crippen LogP contribution < -0.4 is 21.7 Å². The third kappa shape index (κ3) is 15.7. The molecular formula is C22H36N6O4. The summed E-state index contributed by atoms with van der Waals surface area (Å²) in [5.41, 5.74) is 6.77. The van der Waals surface area contributed by atoms with Crippen LogP contribution in [0.1, 0.15) is 52.4 Å². The second kappa shape index (κ2) is 17.5. The van der Waals surface area contributed by atoms with E-state index in [0.717, 1.165) is 5.70 Å². The Kier molecular flexibility index (Phi) is 15.8. The van der Waals surface area contributed by atoms with Gasteiger partial charge in [0.05, 0.1) is 6.04 Å². The van der Waals surface area contributed by atoms with Crippen LogP contribution in [0.4, 0.5) is 0 Å². The Labute approximate surface area is 189 Å². The fourth-order valence-corrected chi connectivity index (χ4v) is 2.44. The normalized spacial score (nSPS) is 12.6. The molecule has 178 valence electrons. The van der Waals surface area contributed by atoms with Gasteiger partial charge in [-0.3, -0.25) is 24.2 Å². The second-order valence-electron chi connectivity index (χ2n) is 7.11. The van der Waals surface area contributed by atoms with Crippen molar-refractivity contribution in [3.05, 3.63) is 23.9 Å². The molecule has 0 aromatic heterocycles. The molecule has 0 aliphatic heterocycles. The van der Waals surface area contributed by atoms with Crippen LogP contribution in [-0.2, 0) is 19.2 Å². The lowest BCUT2D eigenvalue weighted by Crippen LogP contribution is -2.39. The van der Waals surface area contributed by atoms with Crippen molar-refractivity contribution in [1.82, 2.24) is 16.0 Å². The molecule has 1 atom stereocenters. The molecule has 0 aliphatic carbocycles. The first kappa shape index (κ1) is 28.9. The number of allylic oxidation sites excluding steroid dienone is 2. The monoisotopic (exact) mass is 448 g/mol. The molecule has 0 heterocycles. The highest BCUT2D eigenvalue weighted by molar-refractivity contribution is 6.28. The molecule has 0 fully saturated rings. The van der Waals surface area contributed by atoms with E-state index in [0.29, 0.717) is 38.1 Å². The number of nitrogens with two attached hydrogens (primary N) is 1. The van der Waals surface area contributed by atoms with E-state index in [-0.39, 0.29) is 42.8 Å². The van der Waals surface area contributed by atoms with E-state index in [1.54, 1.807) is 6.92 Å². The van der Waals surface area contributed by atoms with Gasteiger partial charge in [-0.1, -0.05) is 12.2 Å². The summed E-state index contributed by atoms with van der Waals surface area (Å²) in [6.45, 7) is 4.25. The van der Waals surface area contributed by atoms with Gasteiger partial charge in [-0.15, -0.1) is 0 Å². The van der Waals surface area contributed by atoms with E-state index in [1.807, 2.05) is 13.0 Å². The van der Waals surface area contributed by atoms with Crippen LogP contribution in [0, 0.1) is 5.41 Å². The van der Waals surface area contributed by atoms with Gasteiger partial charge in [0.25, 0.3) is 0 Å². The molecule has 0 radical (unpaired) electrons. The van der Waals surface area contributed by atoms with Crippen molar-refractivity contribution in [3.63, 3.8) is 0 Å². The molecule has 0 aliphatic rings. The third-order valence-corrected chi connectivity index (χ3v) is 4.26. The summed E-state index contributed by atoms with van der Waals surface area (Å²) in [6.07, 6.45) is 7.78. The number of rotatable bonds is 16. The second-order valence-corrected chi connectivity index (χ2v) is 7.11. The molecule has 0 saturated heterocycles. The topological polar surface area (TPSA) is 167 Å². The number of nitrogens with zero attached hydrogens (tertiary/aromatic N) is 1. The molecule has 0 spiro atoms. The van der Waals surface area contributed by atoms with Crippen molar-refractivity contribution < 1.29 is 19.2 Å². The van der Waals surface area contributed by atoms with Crippen molar-refractivity contribution in [3.8, 4) is 0 Å². The number of carbonyl (C=O) groups excluding carboxylic acids is 4. The summed E-state index contributed by atoms with van der Waals surface area (Å²) in [6, 6.07) is -0.595. The number of likely N-dealkylation sites (N-methyl/N-ethyl adjacent to an activating group) is 1. The van der Waals surface area contributed by atoms with E-state index in [4.69, 9.17) is 11.1 Å². The van der Waals surface area contributed by atoms with Gasteiger partial charge in [0, 0.05) is 63.4 Å². The minimum Gasteiger partial charge on any atom is -0.358 e. The van der Waals surface area contributed by atoms with Crippen molar-refractivity contribution in [2.75, 3.05) is 20.1 Å². The fraction of sp³-hybridized carbons (Fsp3) is 0.545. The average molecular weight is 449 g/mol. The maximum Gasteiger partial charge on any atom is 0.236 e. The quantitative estimate of drug-likeness (QED) is 0.133. The van der Waals surface area contributed by atoms with Gasteiger partial charge in [-0.25, -0.2) is 0 Å². The van der Waals surface area contributed by atoms with E-state index in [1.165, 1.54) is 25.4 Å². The SMILES string of the molecule is C/C=C(/CCNC(=O)CCC(=O)/C=C/CC(=O)NCCCC(N)C(=O)NC)N=CC(C)=N. The number of hydrogen-bond donors (Lipinski definition) is 5. The predicted molar refractivity (Wildman–Crippen MR) is 126 cm³/mol. The molecule has 0 bridgehead atoms. The average Bonchev–Trinajstić information content (AvgIpc) is 2.76. The molecule has 1 unspecified atom stereocenters. The van der Waals surface area contributed by atoms with Crippen LogP contribution in [0.3, 0.4) is 0 Å². The van der Waals surface area contributed by atoms with E-state index in [9.17, 15) is 19.2 Å². The Balaban J connectivity index is 3.98. The van der Waals surface area contributed by atoms with Gasteiger partial charge < -0.3 is 27.1 Å². The number of ketones is 1. The van der Waals surface area contributed by atoms with Crippen molar-refractivity contribution in [2.45, 2.75) is 58.4 Å². The first-order chi connectivity index (χ1) is 15.2. The lowest BCUT2D eigenvalue weighted by molar-refractivity contribution is -0.124. The first-order valence-electron chi connectivity index (χ1n) is 10.6. The summed E-state index contributed by atoms with van der Waals surface area (Å²) in [5.74, 6) is -0.940. The molecule has 10 nitrogen and oxygen atoms in total. The summed E-state index contributed by atoms with van der Waals surface area (Å²) in [4.78, 5) is 50.8. The minimum absolute atomic E-state index is 0.0569. The molecule has 32 heavy (non-hydrogen) atoms. The number of carbonyl (C=O) groups is 4. The highest BCUT2D eigenvalue weighted by atomic mass is 16.2. The van der Waals surface area contributed by atoms with Crippen molar-refractivity contribution >= 4 is 35.4 Å². The molecule has 0 aromatic rings. The maximum absolute atomic E-state index is 11.8. The lowest BCUT2D eigenvalue weighted by Gasteiger charge is -2.09. The smallest absolute Gasteiger partial charge is 0.236 e. The van der Waals surface area contributed by atoms with Crippen LogP contribution in [0.5, 0.6) is 0 Å². The summed E-state index contributed by atoms with van der Waals surface area (Å²) < 4.78 is 0. The van der Waals surface area contributed by atoms with Crippen LogP contribution in [0.15, 0.2) is 28.9 Å². The standard InChI is InChI=1S/C22H36N6O4/c1-4-17(28-15-16(2)23)12-14-27-21(31)11-10-18(29)7-5-9-20(30)26-13-6-8-19(24)22(32)25-3/h4-5,7,15,19,23H,6,8-14,24H2,1-3H3,(H,25,32)(H,26,30)(H,27,31)/b7-5+,17-4-,23-16?,28-15?. The van der Waals surface area contributed by atoms with Crippen LogP contribution in [0.25, 0.3) is 0 Å². The van der Waals surface area contributed by atoms with Crippen molar-refractivity contribution in [2.24, 2.45) is 10.7 Å². The summed E-state index contributed by atoms with van der Waals surface area (Å²) in [7, 11) is 1.52. The number of aliphatic imine (C=N–C) groups is 1. The zero-order valence-electron chi connectivity index (χ0n) is 19.2.